The lowest BCUT2D eigenvalue weighted by Crippen LogP contribution is -2.28. The lowest BCUT2D eigenvalue weighted by atomic mass is 9.91. The minimum absolute atomic E-state index is 0.176. The Morgan fingerprint density at radius 3 is 2.82 bits per heavy atom. The molecule has 1 aliphatic carbocycles. The molecule has 2 N–H and O–H groups in total. The maximum absolute atomic E-state index is 12.4. The third kappa shape index (κ3) is 1.06. The summed E-state index contributed by atoms with van der Waals surface area (Å²) >= 11 is 0. The molecule has 1 heterocycles. The van der Waals surface area contributed by atoms with Gasteiger partial charge in [0, 0.05) is 12.8 Å². The fraction of sp³-hybridized carbons (Fsp3) is 0.667. The van der Waals surface area contributed by atoms with Gasteiger partial charge in [-0.15, -0.1) is 5.10 Å². The molecule has 0 atom stereocenters. The number of anilines is 1. The normalized spacial score (nSPS) is 29.9. The molecular formula is C6H9FN4. The van der Waals surface area contributed by atoms with E-state index in [1.54, 1.807) is 11.0 Å². The summed E-state index contributed by atoms with van der Waals surface area (Å²) in [6.07, 6.45) is 1.97. The summed E-state index contributed by atoms with van der Waals surface area (Å²) in [6.45, 7) is 0. The minimum Gasteiger partial charge on any atom is -0.367 e. The van der Waals surface area contributed by atoms with Crippen LogP contribution in [-0.2, 0) is 0 Å². The number of nitrogen functional groups attached to an aromatic ring is 1. The lowest BCUT2D eigenvalue weighted by molar-refractivity contribution is 0.128. The van der Waals surface area contributed by atoms with Crippen LogP contribution in [0.4, 0.5) is 10.3 Å². The molecule has 0 saturated heterocycles. The molecule has 2 rings (SSSR count). The van der Waals surface area contributed by atoms with Crippen molar-refractivity contribution in [1.29, 1.82) is 0 Å². The predicted molar refractivity (Wildman–Crippen MR) is 37.6 cm³/mol. The maximum Gasteiger partial charge on any atom is 0.239 e. The van der Waals surface area contributed by atoms with Crippen LogP contribution in [0.5, 0.6) is 0 Å². The standard InChI is InChI=1S/C6H9FN4/c7-4-1-5(2-4)11-3-9-6(8)10-11/h3-5H,1-2H2,(H2,8,10). The van der Waals surface area contributed by atoms with Crippen LogP contribution in [0.25, 0.3) is 0 Å². The Labute approximate surface area is 63.2 Å². The highest BCUT2D eigenvalue weighted by molar-refractivity contribution is 5.10. The zero-order valence-corrected chi connectivity index (χ0v) is 5.94. The average molecular weight is 156 g/mol. The van der Waals surface area contributed by atoms with Gasteiger partial charge in [0.2, 0.25) is 5.95 Å². The molecule has 1 fully saturated rings. The van der Waals surface area contributed by atoms with E-state index in [4.69, 9.17) is 5.73 Å². The van der Waals surface area contributed by atoms with Gasteiger partial charge in [0.15, 0.2) is 0 Å². The molecule has 60 valence electrons. The molecule has 0 unspecified atom stereocenters. The fourth-order valence-electron chi connectivity index (χ4n) is 1.20. The highest BCUT2D eigenvalue weighted by Crippen LogP contribution is 2.33. The molecule has 1 aromatic heterocycles. The first kappa shape index (κ1) is 6.57. The molecule has 0 radical (unpaired) electrons. The monoisotopic (exact) mass is 156 g/mol. The van der Waals surface area contributed by atoms with Gasteiger partial charge in [0.05, 0.1) is 6.04 Å². The van der Waals surface area contributed by atoms with Crippen LogP contribution in [0.1, 0.15) is 18.9 Å². The van der Waals surface area contributed by atoms with Gasteiger partial charge < -0.3 is 5.73 Å². The summed E-state index contributed by atoms with van der Waals surface area (Å²) in [7, 11) is 0. The van der Waals surface area contributed by atoms with E-state index in [-0.39, 0.29) is 12.0 Å². The molecule has 1 saturated carbocycles. The Morgan fingerprint density at radius 2 is 2.36 bits per heavy atom. The van der Waals surface area contributed by atoms with Gasteiger partial charge in [-0.05, 0) is 0 Å². The molecule has 0 bridgehead atoms. The smallest absolute Gasteiger partial charge is 0.239 e. The van der Waals surface area contributed by atoms with E-state index in [0.717, 1.165) is 0 Å². The summed E-state index contributed by atoms with van der Waals surface area (Å²) in [4.78, 5) is 3.75. The van der Waals surface area contributed by atoms with E-state index in [0.29, 0.717) is 12.8 Å². The Bertz CT molecular complexity index is 253. The first-order valence-corrected chi connectivity index (χ1v) is 3.56. The summed E-state index contributed by atoms with van der Waals surface area (Å²) in [5, 5.41) is 3.88. The summed E-state index contributed by atoms with van der Waals surface area (Å²) in [5.74, 6) is 0.257. The largest absolute Gasteiger partial charge is 0.367 e. The summed E-state index contributed by atoms with van der Waals surface area (Å²) in [6, 6.07) is 0.176. The third-order valence-electron chi connectivity index (χ3n) is 1.96. The van der Waals surface area contributed by atoms with Crippen molar-refractivity contribution in [3.63, 3.8) is 0 Å². The molecule has 0 spiro atoms. The zero-order valence-electron chi connectivity index (χ0n) is 5.94. The highest BCUT2D eigenvalue weighted by Gasteiger charge is 2.30. The van der Waals surface area contributed by atoms with Crippen LogP contribution in [0, 0.1) is 0 Å². The molecular weight excluding hydrogens is 147 g/mol. The van der Waals surface area contributed by atoms with Gasteiger partial charge >= 0.3 is 0 Å². The molecule has 0 aliphatic heterocycles. The van der Waals surface area contributed by atoms with Crippen molar-refractivity contribution < 1.29 is 4.39 Å². The summed E-state index contributed by atoms with van der Waals surface area (Å²) < 4.78 is 14.0. The van der Waals surface area contributed by atoms with Crippen LogP contribution in [0.2, 0.25) is 0 Å². The highest BCUT2D eigenvalue weighted by atomic mass is 19.1. The van der Waals surface area contributed by atoms with E-state index in [9.17, 15) is 4.39 Å². The zero-order chi connectivity index (χ0) is 7.84. The first-order chi connectivity index (χ1) is 5.25. The fourth-order valence-corrected chi connectivity index (χ4v) is 1.20. The topological polar surface area (TPSA) is 56.7 Å². The minimum atomic E-state index is -0.662. The molecule has 0 aromatic carbocycles. The molecule has 1 aliphatic rings. The molecule has 5 heteroatoms. The second-order valence-corrected chi connectivity index (χ2v) is 2.81. The first-order valence-electron chi connectivity index (χ1n) is 3.56. The van der Waals surface area contributed by atoms with Gasteiger partial charge in [0.25, 0.3) is 0 Å². The van der Waals surface area contributed by atoms with E-state index < -0.39 is 6.17 Å². The molecule has 4 nitrogen and oxygen atoms in total. The van der Waals surface area contributed by atoms with Crippen LogP contribution in [-0.4, -0.2) is 20.9 Å². The number of nitrogens with two attached hydrogens (primary N) is 1. The van der Waals surface area contributed by atoms with Gasteiger partial charge in [-0.1, -0.05) is 0 Å². The molecule has 0 amide bonds. The quantitative estimate of drug-likeness (QED) is 0.645. The third-order valence-corrected chi connectivity index (χ3v) is 1.96. The molecule has 11 heavy (non-hydrogen) atoms. The molecule has 1 aromatic rings. The van der Waals surface area contributed by atoms with Crippen molar-refractivity contribution in [3.05, 3.63) is 6.33 Å². The Morgan fingerprint density at radius 1 is 1.64 bits per heavy atom. The summed E-state index contributed by atoms with van der Waals surface area (Å²) in [5.41, 5.74) is 5.29. The van der Waals surface area contributed by atoms with Gasteiger partial charge in [-0.25, -0.2) is 14.1 Å². The van der Waals surface area contributed by atoms with Crippen LogP contribution >= 0.6 is 0 Å². The van der Waals surface area contributed by atoms with Crippen LogP contribution in [0.3, 0.4) is 0 Å². The van der Waals surface area contributed by atoms with Crippen molar-refractivity contribution in [2.75, 3.05) is 5.73 Å². The van der Waals surface area contributed by atoms with Crippen molar-refractivity contribution in [2.45, 2.75) is 25.1 Å². The number of hydrogen-bond acceptors (Lipinski definition) is 3. The van der Waals surface area contributed by atoms with Crippen molar-refractivity contribution >= 4 is 5.95 Å². The Hall–Kier alpha value is -1.13. The van der Waals surface area contributed by atoms with E-state index in [1.165, 1.54) is 0 Å². The predicted octanol–water partition coefficient (Wildman–Crippen LogP) is 0.533. The lowest BCUT2D eigenvalue weighted by Gasteiger charge is -2.28. The van der Waals surface area contributed by atoms with Crippen LogP contribution in [0.15, 0.2) is 6.33 Å². The number of nitrogens with zero attached hydrogens (tertiary/aromatic N) is 3. The van der Waals surface area contributed by atoms with Crippen LogP contribution < -0.4 is 5.73 Å². The number of aromatic nitrogens is 3. The van der Waals surface area contributed by atoms with E-state index in [1.807, 2.05) is 0 Å². The number of rotatable bonds is 1. The van der Waals surface area contributed by atoms with Gasteiger partial charge in [-0.2, -0.15) is 0 Å². The average Bonchev–Trinajstić information content (AvgIpc) is 2.29. The van der Waals surface area contributed by atoms with Crippen molar-refractivity contribution in [3.8, 4) is 0 Å². The van der Waals surface area contributed by atoms with E-state index in [2.05, 4.69) is 10.1 Å². The Kier molecular flexibility index (Phi) is 1.30. The van der Waals surface area contributed by atoms with Gasteiger partial charge in [0.1, 0.15) is 12.5 Å². The maximum atomic E-state index is 12.4. The second-order valence-electron chi connectivity index (χ2n) is 2.81. The number of hydrogen-bond donors (Lipinski definition) is 1. The number of alkyl halides is 1. The SMILES string of the molecule is Nc1ncn(C2CC(F)C2)n1. The Balaban J connectivity index is 2.07. The van der Waals surface area contributed by atoms with Crippen molar-refractivity contribution in [1.82, 2.24) is 14.8 Å². The number of halogens is 1. The van der Waals surface area contributed by atoms with Gasteiger partial charge in [-0.3, -0.25) is 0 Å². The van der Waals surface area contributed by atoms with Crippen molar-refractivity contribution in [2.24, 2.45) is 0 Å². The van der Waals surface area contributed by atoms with E-state index >= 15 is 0 Å². The second kappa shape index (κ2) is 2.18.